The van der Waals surface area contributed by atoms with Gasteiger partial charge in [-0.05, 0) is 48.3 Å². The van der Waals surface area contributed by atoms with Gasteiger partial charge in [0.1, 0.15) is 6.10 Å². The topological polar surface area (TPSA) is 87.0 Å². The molecular formula is C19H26O5. The van der Waals surface area contributed by atoms with E-state index in [1.54, 1.807) is 6.07 Å². The highest BCUT2D eigenvalue weighted by Crippen LogP contribution is 2.66. The van der Waals surface area contributed by atoms with E-state index in [0.717, 1.165) is 12.8 Å². The highest BCUT2D eigenvalue weighted by Gasteiger charge is 2.63. The van der Waals surface area contributed by atoms with E-state index < -0.39 is 12.1 Å². The van der Waals surface area contributed by atoms with Crippen LogP contribution in [0.4, 0.5) is 0 Å². The maximum atomic E-state index is 12.3. The Kier molecular flexibility index (Phi) is 4.03. The minimum Gasteiger partial charge on any atom is -0.504 e. The SMILES string of the molecule is CC1(C)C2CCC1(C)[C@@H](OC(=O)[C@H](O)Cc1ccc(O)c(O)c1)C2. The molecule has 2 unspecified atom stereocenters. The van der Waals surface area contributed by atoms with Crippen molar-refractivity contribution < 1.29 is 24.9 Å². The fraction of sp³-hybridized carbons (Fsp3) is 0.632. The van der Waals surface area contributed by atoms with Crippen LogP contribution in [0.5, 0.6) is 11.5 Å². The number of phenols is 2. The third-order valence-electron chi connectivity index (χ3n) is 6.71. The van der Waals surface area contributed by atoms with Crippen LogP contribution in [0.3, 0.4) is 0 Å². The summed E-state index contributed by atoms with van der Waals surface area (Å²) in [5.74, 6) is -0.549. The summed E-state index contributed by atoms with van der Waals surface area (Å²) in [6.07, 6.45) is 1.70. The average Bonchev–Trinajstić information content (AvgIpc) is 2.84. The molecule has 1 aromatic rings. The number of rotatable bonds is 4. The van der Waals surface area contributed by atoms with Crippen molar-refractivity contribution in [2.45, 2.75) is 58.7 Å². The molecule has 24 heavy (non-hydrogen) atoms. The van der Waals surface area contributed by atoms with Crippen molar-refractivity contribution in [3.63, 3.8) is 0 Å². The highest BCUT2D eigenvalue weighted by atomic mass is 16.6. The summed E-state index contributed by atoms with van der Waals surface area (Å²) in [4.78, 5) is 12.3. The molecule has 1 aromatic carbocycles. The summed E-state index contributed by atoms with van der Waals surface area (Å²) in [5, 5.41) is 29.0. The van der Waals surface area contributed by atoms with E-state index in [2.05, 4.69) is 20.8 Å². The smallest absolute Gasteiger partial charge is 0.335 e. The van der Waals surface area contributed by atoms with Gasteiger partial charge in [0.2, 0.25) is 0 Å². The summed E-state index contributed by atoms with van der Waals surface area (Å²) in [5.41, 5.74) is 0.671. The van der Waals surface area contributed by atoms with E-state index in [9.17, 15) is 20.1 Å². The molecular weight excluding hydrogens is 308 g/mol. The molecule has 2 bridgehead atoms. The van der Waals surface area contributed by atoms with Gasteiger partial charge in [0.15, 0.2) is 17.6 Å². The van der Waals surface area contributed by atoms with E-state index >= 15 is 0 Å². The summed E-state index contributed by atoms with van der Waals surface area (Å²) >= 11 is 0. The van der Waals surface area contributed by atoms with Crippen molar-refractivity contribution in [2.24, 2.45) is 16.7 Å². The van der Waals surface area contributed by atoms with Crippen molar-refractivity contribution in [3.8, 4) is 11.5 Å². The van der Waals surface area contributed by atoms with Crippen LogP contribution in [0.15, 0.2) is 18.2 Å². The van der Waals surface area contributed by atoms with Gasteiger partial charge in [-0.3, -0.25) is 0 Å². The molecule has 3 N–H and O–H groups in total. The second kappa shape index (κ2) is 5.66. The van der Waals surface area contributed by atoms with Gasteiger partial charge < -0.3 is 20.1 Å². The Bertz CT molecular complexity index is 653. The Balaban J connectivity index is 1.64. The van der Waals surface area contributed by atoms with E-state index in [1.165, 1.54) is 18.6 Å². The van der Waals surface area contributed by atoms with Crippen molar-refractivity contribution in [2.75, 3.05) is 0 Å². The van der Waals surface area contributed by atoms with E-state index in [-0.39, 0.29) is 34.9 Å². The molecule has 2 aliphatic rings. The second-order valence-electron chi connectivity index (χ2n) is 8.08. The first-order valence-electron chi connectivity index (χ1n) is 8.54. The normalized spacial score (nSPS) is 31.8. The quantitative estimate of drug-likeness (QED) is 0.582. The van der Waals surface area contributed by atoms with Gasteiger partial charge in [-0.25, -0.2) is 4.79 Å². The summed E-state index contributed by atoms with van der Waals surface area (Å²) in [6.45, 7) is 6.67. The third-order valence-corrected chi connectivity index (χ3v) is 6.71. The van der Waals surface area contributed by atoms with Crippen molar-refractivity contribution in [3.05, 3.63) is 23.8 Å². The zero-order chi connectivity index (χ0) is 17.7. The van der Waals surface area contributed by atoms with Gasteiger partial charge in [0.05, 0.1) is 0 Å². The number of aromatic hydroxyl groups is 2. The van der Waals surface area contributed by atoms with Crippen molar-refractivity contribution in [1.29, 1.82) is 0 Å². The van der Waals surface area contributed by atoms with E-state index in [1.807, 2.05) is 0 Å². The van der Waals surface area contributed by atoms with Crippen molar-refractivity contribution in [1.82, 2.24) is 0 Å². The lowest BCUT2D eigenvalue weighted by atomic mass is 9.70. The predicted octanol–water partition coefficient (Wildman–Crippen LogP) is 2.76. The number of ether oxygens (including phenoxy) is 1. The Morgan fingerprint density at radius 2 is 2.00 bits per heavy atom. The van der Waals surface area contributed by atoms with Crippen LogP contribution >= 0.6 is 0 Å². The molecule has 0 radical (unpaired) electrons. The van der Waals surface area contributed by atoms with Gasteiger partial charge in [-0.2, -0.15) is 0 Å². The Hall–Kier alpha value is -1.75. The molecule has 0 spiro atoms. The molecule has 0 heterocycles. The van der Waals surface area contributed by atoms with Gasteiger partial charge in [0, 0.05) is 11.8 Å². The van der Waals surface area contributed by atoms with Gasteiger partial charge >= 0.3 is 5.97 Å². The molecule has 2 saturated carbocycles. The van der Waals surface area contributed by atoms with Gasteiger partial charge in [-0.15, -0.1) is 0 Å². The first-order valence-corrected chi connectivity index (χ1v) is 8.54. The maximum absolute atomic E-state index is 12.3. The first kappa shape index (κ1) is 17.1. The number of phenolic OH excluding ortho intramolecular Hbond substituents is 2. The monoisotopic (exact) mass is 334 g/mol. The predicted molar refractivity (Wildman–Crippen MR) is 88.6 cm³/mol. The molecule has 0 saturated heterocycles. The lowest BCUT2D eigenvalue weighted by molar-refractivity contribution is -0.166. The molecule has 0 amide bonds. The summed E-state index contributed by atoms with van der Waals surface area (Å²) in [6, 6.07) is 4.24. The minimum atomic E-state index is -1.28. The Morgan fingerprint density at radius 1 is 1.29 bits per heavy atom. The van der Waals surface area contributed by atoms with Crippen molar-refractivity contribution >= 4 is 5.97 Å². The van der Waals surface area contributed by atoms with Gasteiger partial charge in [0.25, 0.3) is 0 Å². The number of carbonyl (C=O) groups is 1. The number of hydrogen-bond donors (Lipinski definition) is 3. The number of carbonyl (C=O) groups excluding carboxylic acids is 1. The molecule has 0 aromatic heterocycles. The van der Waals surface area contributed by atoms with E-state index in [4.69, 9.17) is 4.74 Å². The summed E-state index contributed by atoms with van der Waals surface area (Å²) < 4.78 is 5.67. The molecule has 5 nitrogen and oxygen atoms in total. The number of benzene rings is 1. The third kappa shape index (κ3) is 2.55. The summed E-state index contributed by atoms with van der Waals surface area (Å²) in [7, 11) is 0. The minimum absolute atomic E-state index is 0.0378. The molecule has 4 atom stereocenters. The van der Waals surface area contributed by atoms with Crippen LogP contribution in [0.2, 0.25) is 0 Å². The molecule has 132 valence electrons. The van der Waals surface area contributed by atoms with Crippen LogP contribution in [0.1, 0.15) is 45.6 Å². The second-order valence-corrected chi connectivity index (χ2v) is 8.08. The first-order chi connectivity index (χ1) is 11.1. The van der Waals surface area contributed by atoms with Crippen LogP contribution in [-0.4, -0.2) is 33.5 Å². The number of hydrogen-bond acceptors (Lipinski definition) is 5. The van der Waals surface area contributed by atoms with Crippen LogP contribution < -0.4 is 0 Å². The molecule has 5 heteroatoms. The number of esters is 1. The Morgan fingerprint density at radius 3 is 2.54 bits per heavy atom. The molecule has 3 rings (SSSR count). The Labute approximate surface area is 142 Å². The van der Waals surface area contributed by atoms with Gasteiger partial charge in [-0.1, -0.05) is 26.8 Å². The maximum Gasteiger partial charge on any atom is 0.335 e. The molecule has 2 aliphatic carbocycles. The van der Waals surface area contributed by atoms with E-state index in [0.29, 0.717) is 11.5 Å². The fourth-order valence-corrected chi connectivity index (χ4v) is 4.53. The number of aliphatic hydroxyl groups excluding tert-OH is 1. The molecule has 0 aliphatic heterocycles. The zero-order valence-corrected chi connectivity index (χ0v) is 14.5. The zero-order valence-electron chi connectivity index (χ0n) is 14.5. The lowest BCUT2D eigenvalue weighted by Gasteiger charge is -2.38. The molecule has 2 fully saturated rings. The standard InChI is InChI=1S/C19H26O5/c1-18(2)12-6-7-19(18,3)16(10-12)24-17(23)15(22)9-11-4-5-13(20)14(21)8-11/h4-5,8,12,15-16,20-22H,6-7,9-10H2,1-3H3/t12?,15-,16+,19?/m1/s1. The number of aliphatic hydroxyl groups is 1. The fourth-order valence-electron chi connectivity index (χ4n) is 4.53. The average molecular weight is 334 g/mol. The van der Waals surface area contributed by atoms with Crippen LogP contribution in [-0.2, 0) is 16.0 Å². The largest absolute Gasteiger partial charge is 0.504 e. The van der Waals surface area contributed by atoms with Crippen LogP contribution in [0, 0.1) is 16.7 Å². The highest BCUT2D eigenvalue weighted by molar-refractivity contribution is 5.75. The lowest BCUT2D eigenvalue weighted by Crippen LogP contribution is -2.40. The number of fused-ring (bicyclic) bond motifs is 2. The van der Waals surface area contributed by atoms with Crippen LogP contribution in [0.25, 0.3) is 0 Å².